The number of aromatic nitrogens is 1. The summed E-state index contributed by atoms with van der Waals surface area (Å²) in [6, 6.07) is 1.59. The van der Waals surface area contributed by atoms with Gasteiger partial charge in [0.1, 0.15) is 12.0 Å². The van der Waals surface area contributed by atoms with E-state index in [0.717, 1.165) is 0 Å². The van der Waals surface area contributed by atoms with Gasteiger partial charge < -0.3 is 0 Å². The van der Waals surface area contributed by atoms with E-state index < -0.39 is 4.92 Å². The zero-order valence-corrected chi connectivity index (χ0v) is 8.69. The SMILES string of the molecule is CCC(=O)Cc1cc(C)c([N+](=O)[O-])cn1. The van der Waals surface area contributed by atoms with E-state index in [1.54, 1.807) is 19.9 Å². The van der Waals surface area contributed by atoms with Gasteiger partial charge >= 0.3 is 0 Å². The molecule has 1 aromatic rings. The van der Waals surface area contributed by atoms with Crippen LogP contribution in [-0.4, -0.2) is 15.7 Å². The Balaban J connectivity index is 2.91. The Hall–Kier alpha value is -1.78. The van der Waals surface area contributed by atoms with E-state index in [1.807, 2.05) is 0 Å². The summed E-state index contributed by atoms with van der Waals surface area (Å²) in [7, 11) is 0. The third-order valence-corrected chi connectivity index (χ3v) is 2.11. The summed E-state index contributed by atoms with van der Waals surface area (Å²) in [6.45, 7) is 3.42. The van der Waals surface area contributed by atoms with Crippen molar-refractivity contribution in [1.29, 1.82) is 0 Å². The minimum Gasteiger partial charge on any atom is -0.299 e. The van der Waals surface area contributed by atoms with Crippen molar-refractivity contribution in [2.45, 2.75) is 26.7 Å². The number of nitrogens with zero attached hydrogens (tertiary/aromatic N) is 2. The highest BCUT2D eigenvalue weighted by atomic mass is 16.6. The zero-order valence-electron chi connectivity index (χ0n) is 8.69. The van der Waals surface area contributed by atoms with Gasteiger partial charge in [-0.15, -0.1) is 0 Å². The second-order valence-corrected chi connectivity index (χ2v) is 3.29. The molecule has 0 bridgehead atoms. The monoisotopic (exact) mass is 208 g/mol. The average molecular weight is 208 g/mol. The first-order chi connectivity index (χ1) is 7.04. The van der Waals surface area contributed by atoms with Crippen molar-refractivity contribution in [2.24, 2.45) is 0 Å². The lowest BCUT2D eigenvalue weighted by atomic mass is 10.1. The predicted octanol–water partition coefficient (Wildman–Crippen LogP) is 1.82. The van der Waals surface area contributed by atoms with Gasteiger partial charge in [-0.1, -0.05) is 6.92 Å². The third kappa shape index (κ3) is 2.83. The maximum absolute atomic E-state index is 11.1. The molecule has 0 spiro atoms. The third-order valence-electron chi connectivity index (χ3n) is 2.11. The fourth-order valence-corrected chi connectivity index (χ4v) is 1.22. The minimum atomic E-state index is -0.478. The highest BCUT2D eigenvalue weighted by molar-refractivity contribution is 5.80. The number of nitro groups is 1. The number of Topliss-reactive ketones (excluding diaryl/α,β-unsaturated/α-hetero) is 1. The molecule has 1 heterocycles. The van der Waals surface area contributed by atoms with Crippen LogP contribution in [0.2, 0.25) is 0 Å². The van der Waals surface area contributed by atoms with Crippen LogP contribution in [0.1, 0.15) is 24.6 Å². The molecule has 0 aliphatic carbocycles. The molecule has 5 heteroatoms. The van der Waals surface area contributed by atoms with E-state index in [9.17, 15) is 14.9 Å². The molecule has 80 valence electrons. The van der Waals surface area contributed by atoms with Crippen molar-refractivity contribution < 1.29 is 9.72 Å². The quantitative estimate of drug-likeness (QED) is 0.558. The van der Waals surface area contributed by atoms with Crippen molar-refractivity contribution >= 4 is 11.5 Å². The highest BCUT2D eigenvalue weighted by Crippen LogP contribution is 2.16. The zero-order chi connectivity index (χ0) is 11.4. The number of pyridine rings is 1. The van der Waals surface area contributed by atoms with Gasteiger partial charge in [-0.3, -0.25) is 19.9 Å². The number of aryl methyl sites for hydroxylation is 1. The molecule has 0 saturated carbocycles. The minimum absolute atomic E-state index is 0.0114. The summed E-state index contributed by atoms with van der Waals surface area (Å²) < 4.78 is 0. The van der Waals surface area contributed by atoms with E-state index in [-0.39, 0.29) is 17.9 Å². The van der Waals surface area contributed by atoms with Crippen LogP contribution in [0.3, 0.4) is 0 Å². The fraction of sp³-hybridized carbons (Fsp3) is 0.400. The topological polar surface area (TPSA) is 73.1 Å². The molecule has 5 nitrogen and oxygen atoms in total. The number of ketones is 1. The van der Waals surface area contributed by atoms with Gasteiger partial charge in [0.25, 0.3) is 5.69 Å². The van der Waals surface area contributed by atoms with Gasteiger partial charge in [0.2, 0.25) is 0 Å². The largest absolute Gasteiger partial charge is 0.299 e. The Labute approximate surface area is 87.3 Å². The van der Waals surface area contributed by atoms with Crippen LogP contribution in [0.15, 0.2) is 12.3 Å². The number of carbonyl (C=O) groups excluding carboxylic acids is 1. The molecule has 0 atom stereocenters. The first kappa shape index (κ1) is 11.3. The molecule has 1 aromatic heterocycles. The van der Waals surface area contributed by atoms with Crippen molar-refractivity contribution in [3.63, 3.8) is 0 Å². The Bertz CT molecular complexity index is 402. The van der Waals surface area contributed by atoms with Crippen LogP contribution in [0.25, 0.3) is 0 Å². The van der Waals surface area contributed by atoms with Crippen LogP contribution >= 0.6 is 0 Å². The van der Waals surface area contributed by atoms with Crippen molar-refractivity contribution in [1.82, 2.24) is 4.98 Å². The first-order valence-electron chi connectivity index (χ1n) is 4.66. The highest BCUT2D eigenvalue weighted by Gasteiger charge is 2.12. The number of hydrogen-bond acceptors (Lipinski definition) is 4. The molecular weight excluding hydrogens is 196 g/mol. The molecule has 1 rings (SSSR count). The molecular formula is C10H12N2O3. The first-order valence-corrected chi connectivity index (χ1v) is 4.66. The average Bonchev–Trinajstić information content (AvgIpc) is 2.17. The van der Waals surface area contributed by atoms with Crippen molar-refractivity contribution in [3.05, 3.63) is 33.6 Å². The summed E-state index contributed by atoms with van der Waals surface area (Å²) in [6.07, 6.45) is 1.90. The van der Waals surface area contributed by atoms with E-state index in [4.69, 9.17) is 0 Å². The van der Waals surface area contributed by atoms with Crippen molar-refractivity contribution in [3.8, 4) is 0 Å². The number of carbonyl (C=O) groups is 1. The smallest absolute Gasteiger partial charge is 0.290 e. The maximum atomic E-state index is 11.1. The lowest BCUT2D eigenvalue weighted by Crippen LogP contribution is -2.03. The Kier molecular flexibility index (Phi) is 3.49. The molecule has 0 aliphatic rings. The molecule has 0 aliphatic heterocycles. The van der Waals surface area contributed by atoms with Crippen LogP contribution in [0, 0.1) is 17.0 Å². The van der Waals surface area contributed by atoms with Crippen molar-refractivity contribution in [2.75, 3.05) is 0 Å². The lowest BCUT2D eigenvalue weighted by Gasteiger charge is -2.00. The number of rotatable bonds is 4. The predicted molar refractivity (Wildman–Crippen MR) is 54.6 cm³/mol. The second kappa shape index (κ2) is 4.63. The van der Waals surface area contributed by atoms with Crippen LogP contribution in [-0.2, 0) is 11.2 Å². The molecule has 0 amide bonds. The molecule has 0 saturated heterocycles. The van der Waals surface area contributed by atoms with Gasteiger partial charge in [0.05, 0.1) is 4.92 Å². The Morgan fingerprint density at radius 3 is 2.73 bits per heavy atom. The van der Waals surface area contributed by atoms with E-state index in [0.29, 0.717) is 17.7 Å². The van der Waals surface area contributed by atoms with Gasteiger partial charge in [-0.25, -0.2) is 0 Å². The standard InChI is InChI=1S/C10H12N2O3/c1-3-9(13)5-8-4-7(2)10(6-11-8)12(14)15/h4,6H,3,5H2,1-2H3. The summed E-state index contributed by atoms with van der Waals surface area (Å²) in [5.41, 5.74) is 1.11. The number of hydrogen-bond donors (Lipinski definition) is 0. The second-order valence-electron chi connectivity index (χ2n) is 3.29. The van der Waals surface area contributed by atoms with E-state index in [1.165, 1.54) is 6.20 Å². The Morgan fingerprint density at radius 2 is 2.27 bits per heavy atom. The maximum Gasteiger partial charge on any atom is 0.290 e. The lowest BCUT2D eigenvalue weighted by molar-refractivity contribution is -0.385. The fourth-order valence-electron chi connectivity index (χ4n) is 1.22. The summed E-state index contributed by atoms with van der Waals surface area (Å²) in [5.74, 6) is 0.0794. The molecule has 0 unspecified atom stereocenters. The molecule has 15 heavy (non-hydrogen) atoms. The van der Waals surface area contributed by atoms with Gasteiger partial charge in [0, 0.05) is 24.1 Å². The Morgan fingerprint density at radius 1 is 1.60 bits per heavy atom. The summed E-state index contributed by atoms with van der Waals surface area (Å²) in [4.78, 5) is 25.1. The van der Waals surface area contributed by atoms with Crippen LogP contribution in [0.4, 0.5) is 5.69 Å². The molecule has 0 radical (unpaired) electrons. The van der Waals surface area contributed by atoms with Crippen LogP contribution in [0.5, 0.6) is 0 Å². The van der Waals surface area contributed by atoms with E-state index >= 15 is 0 Å². The molecule has 0 aromatic carbocycles. The van der Waals surface area contributed by atoms with Gasteiger partial charge in [-0.05, 0) is 13.0 Å². The summed E-state index contributed by atoms with van der Waals surface area (Å²) >= 11 is 0. The normalized spacial score (nSPS) is 10.0. The summed E-state index contributed by atoms with van der Waals surface area (Å²) in [5, 5.41) is 10.5. The molecule has 0 N–H and O–H groups in total. The van der Waals surface area contributed by atoms with Crippen LogP contribution < -0.4 is 0 Å². The molecule has 0 fully saturated rings. The van der Waals surface area contributed by atoms with E-state index in [2.05, 4.69) is 4.98 Å². The van der Waals surface area contributed by atoms with Gasteiger partial charge in [-0.2, -0.15) is 0 Å². The van der Waals surface area contributed by atoms with Gasteiger partial charge in [0.15, 0.2) is 0 Å².